The molecule has 2 aromatic heterocycles. The van der Waals surface area contributed by atoms with E-state index >= 15 is 0 Å². The monoisotopic (exact) mass is 357 g/mol. The van der Waals surface area contributed by atoms with Crippen molar-refractivity contribution >= 4 is 0 Å². The number of aliphatic hydroxyl groups is 1. The van der Waals surface area contributed by atoms with Crippen LogP contribution in [-0.2, 0) is 13.0 Å². The molecule has 2 aromatic rings. The quantitative estimate of drug-likeness (QED) is 0.760. The smallest absolute Gasteiger partial charge is 0.0959 e. The first-order chi connectivity index (χ1) is 12.6. The van der Waals surface area contributed by atoms with E-state index < -0.39 is 6.10 Å². The molecular formula is C20H31N5O. The van der Waals surface area contributed by atoms with E-state index in [4.69, 9.17) is 0 Å². The molecule has 0 radical (unpaired) electrons. The van der Waals surface area contributed by atoms with Gasteiger partial charge in [0.1, 0.15) is 0 Å². The average Bonchev–Trinajstić information content (AvgIpc) is 3.10. The largest absolute Gasteiger partial charge is 0.387 e. The summed E-state index contributed by atoms with van der Waals surface area (Å²) in [5.74, 6) is 0.608. The summed E-state index contributed by atoms with van der Waals surface area (Å²) in [6, 6.07) is 5.63. The van der Waals surface area contributed by atoms with Crippen molar-refractivity contribution < 1.29 is 5.11 Å². The van der Waals surface area contributed by atoms with E-state index in [1.165, 1.54) is 12.8 Å². The van der Waals surface area contributed by atoms with Gasteiger partial charge in [-0.1, -0.05) is 25.1 Å². The fourth-order valence-corrected chi connectivity index (χ4v) is 3.85. The third-order valence-corrected chi connectivity index (χ3v) is 5.73. The molecule has 1 aliphatic rings. The van der Waals surface area contributed by atoms with Crippen molar-refractivity contribution in [1.29, 1.82) is 0 Å². The summed E-state index contributed by atoms with van der Waals surface area (Å²) in [5, 5.41) is 22.5. The second-order valence-corrected chi connectivity index (χ2v) is 7.87. The van der Waals surface area contributed by atoms with Crippen LogP contribution in [0, 0.1) is 11.3 Å². The van der Waals surface area contributed by atoms with Gasteiger partial charge in [0.15, 0.2) is 0 Å². The maximum Gasteiger partial charge on any atom is 0.0959 e. The van der Waals surface area contributed by atoms with E-state index in [1.807, 2.05) is 22.9 Å². The topological polar surface area (TPSA) is 75.9 Å². The molecule has 2 atom stereocenters. The number of aromatic nitrogens is 4. The van der Waals surface area contributed by atoms with E-state index in [2.05, 4.69) is 40.7 Å². The van der Waals surface area contributed by atoms with Gasteiger partial charge in [0.2, 0.25) is 0 Å². The number of pyridine rings is 1. The lowest BCUT2D eigenvalue weighted by molar-refractivity contribution is 0.103. The summed E-state index contributed by atoms with van der Waals surface area (Å²) in [7, 11) is 0. The summed E-state index contributed by atoms with van der Waals surface area (Å²) in [6.45, 7) is 7.71. The predicted octanol–water partition coefficient (Wildman–Crippen LogP) is 2.76. The SMILES string of the molecule is CC(C)C1(Cn2cc(CCCC(O)c3ccccn3)nn2)CCCNC1. The Morgan fingerprint density at radius 1 is 1.35 bits per heavy atom. The summed E-state index contributed by atoms with van der Waals surface area (Å²) >= 11 is 0. The highest BCUT2D eigenvalue weighted by molar-refractivity contribution is 5.06. The van der Waals surface area contributed by atoms with Gasteiger partial charge in [0, 0.05) is 30.9 Å². The number of hydrogen-bond donors (Lipinski definition) is 2. The van der Waals surface area contributed by atoms with E-state index in [-0.39, 0.29) is 5.41 Å². The maximum absolute atomic E-state index is 10.2. The minimum Gasteiger partial charge on any atom is -0.387 e. The molecule has 26 heavy (non-hydrogen) atoms. The number of nitrogens with zero attached hydrogens (tertiary/aromatic N) is 4. The molecular weight excluding hydrogens is 326 g/mol. The van der Waals surface area contributed by atoms with E-state index in [0.717, 1.165) is 43.9 Å². The van der Waals surface area contributed by atoms with Crippen molar-refractivity contribution in [2.24, 2.45) is 11.3 Å². The highest BCUT2D eigenvalue weighted by Crippen LogP contribution is 2.36. The standard InChI is InChI=1S/C20H31N5O/c1-16(2)20(10-6-11-21-14-20)15-25-13-17(23-24-25)7-5-9-19(26)18-8-3-4-12-22-18/h3-4,8,12-13,16,19,21,26H,5-7,9-11,14-15H2,1-2H3. The zero-order chi connectivity index (χ0) is 18.4. The van der Waals surface area contributed by atoms with Crippen molar-refractivity contribution in [2.45, 2.75) is 58.6 Å². The summed E-state index contributed by atoms with van der Waals surface area (Å²) in [6.07, 6.45) is 8.13. The van der Waals surface area contributed by atoms with E-state index in [9.17, 15) is 5.11 Å². The Balaban J connectivity index is 1.51. The highest BCUT2D eigenvalue weighted by atomic mass is 16.3. The van der Waals surface area contributed by atoms with Crippen LogP contribution in [0.2, 0.25) is 0 Å². The van der Waals surface area contributed by atoms with Crippen LogP contribution >= 0.6 is 0 Å². The lowest BCUT2D eigenvalue weighted by atomic mass is 9.72. The van der Waals surface area contributed by atoms with Crippen LogP contribution in [0.4, 0.5) is 0 Å². The molecule has 6 heteroatoms. The molecule has 1 aliphatic heterocycles. The van der Waals surface area contributed by atoms with Crippen molar-refractivity contribution in [3.05, 3.63) is 42.0 Å². The molecule has 0 spiro atoms. The Morgan fingerprint density at radius 2 is 2.23 bits per heavy atom. The normalized spacial score (nSPS) is 21.8. The Labute approximate surface area is 156 Å². The molecule has 0 bridgehead atoms. The molecule has 1 fully saturated rings. The van der Waals surface area contributed by atoms with Gasteiger partial charge in [0.05, 0.1) is 17.5 Å². The van der Waals surface area contributed by atoms with Crippen molar-refractivity contribution in [2.75, 3.05) is 13.1 Å². The van der Waals surface area contributed by atoms with Gasteiger partial charge in [0.25, 0.3) is 0 Å². The first-order valence-corrected chi connectivity index (χ1v) is 9.78. The molecule has 2 N–H and O–H groups in total. The van der Waals surface area contributed by atoms with Gasteiger partial charge in [-0.2, -0.15) is 0 Å². The third-order valence-electron chi connectivity index (χ3n) is 5.73. The van der Waals surface area contributed by atoms with Gasteiger partial charge in [-0.3, -0.25) is 9.67 Å². The second-order valence-electron chi connectivity index (χ2n) is 7.87. The van der Waals surface area contributed by atoms with Crippen LogP contribution in [-0.4, -0.2) is 38.2 Å². The third kappa shape index (κ3) is 4.68. The fourth-order valence-electron chi connectivity index (χ4n) is 3.85. The molecule has 0 amide bonds. The van der Waals surface area contributed by atoms with Gasteiger partial charge in [-0.15, -0.1) is 5.10 Å². The second kappa shape index (κ2) is 8.73. The van der Waals surface area contributed by atoms with Crippen LogP contribution in [0.15, 0.2) is 30.6 Å². The van der Waals surface area contributed by atoms with Crippen molar-refractivity contribution in [3.63, 3.8) is 0 Å². The molecule has 6 nitrogen and oxygen atoms in total. The molecule has 2 unspecified atom stereocenters. The first kappa shape index (κ1) is 19.0. The van der Waals surface area contributed by atoms with Crippen LogP contribution in [0.1, 0.15) is 57.0 Å². The zero-order valence-electron chi connectivity index (χ0n) is 15.9. The molecule has 1 saturated heterocycles. The summed E-state index contributed by atoms with van der Waals surface area (Å²) < 4.78 is 2.01. The Bertz CT molecular complexity index is 664. The lowest BCUT2D eigenvalue weighted by Gasteiger charge is -2.41. The molecule has 0 saturated carbocycles. The number of nitrogens with one attached hydrogen (secondary N) is 1. The number of aryl methyl sites for hydroxylation is 1. The van der Waals surface area contributed by atoms with Gasteiger partial charge < -0.3 is 10.4 Å². The molecule has 0 aliphatic carbocycles. The fraction of sp³-hybridized carbons (Fsp3) is 0.650. The summed E-state index contributed by atoms with van der Waals surface area (Å²) in [4.78, 5) is 4.21. The minimum absolute atomic E-state index is 0.262. The molecule has 0 aromatic carbocycles. The Kier molecular flexibility index (Phi) is 6.38. The maximum atomic E-state index is 10.2. The molecule has 3 heterocycles. The van der Waals surface area contributed by atoms with Crippen molar-refractivity contribution in [3.8, 4) is 0 Å². The van der Waals surface area contributed by atoms with Crippen molar-refractivity contribution in [1.82, 2.24) is 25.3 Å². The average molecular weight is 358 g/mol. The minimum atomic E-state index is -0.510. The van der Waals surface area contributed by atoms with Crippen LogP contribution in [0.25, 0.3) is 0 Å². The summed E-state index contributed by atoms with van der Waals surface area (Å²) in [5.41, 5.74) is 2.00. The van der Waals surface area contributed by atoms with E-state index in [1.54, 1.807) is 6.20 Å². The number of rotatable bonds is 8. The van der Waals surface area contributed by atoms with Gasteiger partial charge >= 0.3 is 0 Å². The first-order valence-electron chi connectivity index (χ1n) is 9.78. The molecule has 142 valence electrons. The Morgan fingerprint density at radius 3 is 2.92 bits per heavy atom. The number of aliphatic hydroxyl groups excluding tert-OH is 1. The van der Waals surface area contributed by atoms with E-state index in [0.29, 0.717) is 12.3 Å². The van der Waals surface area contributed by atoms with Gasteiger partial charge in [-0.05, 0) is 56.7 Å². The van der Waals surface area contributed by atoms with Crippen LogP contribution in [0.5, 0.6) is 0 Å². The zero-order valence-corrected chi connectivity index (χ0v) is 15.9. The molecule has 3 rings (SSSR count). The lowest BCUT2D eigenvalue weighted by Crippen LogP contribution is -2.46. The Hall–Kier alpha value is -1.79. The van der Waals surface area contributed by atoms with Gasteiger partial charge in [-0.25, -0.2) is 0 Å². The highest BCUT2D eigenvalue weighted by Gasteiger charge is 2.36. The van der Waals surface area contributed by atoms with Crippen LogP contribution < -0.4 is 5.32 Å². The number of piperidine rings is 1. The number of hydrogen-bond acceptors (Lipinski definition) is 5. The van der Waals surface area contributed by atoms with Crippen LogP contribution in [0.3, 0.4) is 0 Å². The predicted molar refractivity (Wildman–Crippen MR) is 102 cm³/mol.